The van der Waals surface area contributed by atoms with Gasteiger partial charge in [-0.05, 0) is 24.1 Å². The fourth-order valence-corrected chi connectivity index (χ4v) is 5.36. The topological polar surface area (TPSA) is 37.6 Å². The summed E-state index contributed by atoms with van der Waals surface area (Å²) in [6, 6.07) is 18.1. The molecule has 0 unspecified atom stereocenters. The van der Waals surface area contributed by atoms with Crippen LogP contribution < -0.4 is 0 Å². The van der Waals surface area contributed by atoms with Crippen LogP contribution in [0.25, 0.3) is 16.2 Å². The number of aromatic nitrogens is 2. The van der Waals surface area contributed by atoms with Gasteiger partial charge in [0, 0.05) is 53.8 Å². The molecule has 2 aromatic carbocycles. The maximum Gasteiger partial charge on any atom is 0.222 e. The number of benzene rings is 2. The van der Waals surface area contributed by atoms with Crippen molar-refractivity contribution in [2.24, 2.45) is 0 Å². The molecule has 0 aliphatic heterocycles. The lowest BCUT2D eigenvalue weighted by Crippen LogP contribution is -2.32. The Hall–Kier alpha value is -2.63. The number of carbonyl (C=O) groups is 1. The van der Waals surface area contributed by atoms with Gasteiger partial charge in [0.15, 0.2) is 4.96 Å². The predicted molar refractivity (Wildman–Crippen MR) is 147 cm³/mol. The number of hydrogen-bond acceptors (Lipinski definition) is 3. The zero-order valence-electron chi connectivity index (χ0n) is 20.5. The monoisotopic (exact) mass is 507 g/mol. The summed E-state index contributed by atoms with van der Waals surface area (Å²) in [6.07, 6.45) is 10.7. The Labute approximate surface area is 217 Å². The van der Waals surface area contributed by atoms with Crippen LogP contribution in [-0.4, -0.2) is 26.7 Å². The first-order valence-corrected chi connectivity index (χ1v) is 13.9. The summed E-state index contributed by atoms with van der Waals surface area (Å²) in [5.74, 6) is 0.253. The third-order valence-corrected chi connectivity index (χ3v) is 7.52. The second kappa shape index (κ2) is 12.9. The minimum atomic E-state index is 0.253. The number of halogens is 1. The van der Waals surface area contributed by atoms with Gasteiger partial charge in [-0.2, -0.15) is 0 Å². The minimum absolute atomic E-state index is 0.253. The fourth-order valence-electron chi connectivity index (χ4n) is 4.33. The van der Waals surface area contributed by atoms with Crippen molar-refractivity contribution >= 4 is 33.8 Å². The van der Waals surface area contributed by atoms with E-state index < -0.39 is 0 Å². The van der Waals surface area contributed by atoms with Gasteiger partial charge in [-0.1, -0.05) is 93.1 Å². The summed E-state index contributed by atoms with van der Waals surface area (Å²) in [5.41, 5.74) is 4.35. The number of amides is 1. The molecule has 4 nitrogen and oxygen atoms in total. The molecule has 1 amide bonds. The molecule has 0 atom stereocenters. The molecule has 4 rings (SSSR count). The molecule has 0 saturated carbocycles. The quantitative estimate of drug-likeness (QED) is 0.172. The number of nitrogens with zero attached hydrogens (tertiary/aromatic N) is 3. The van der Waals surface area contributed by atoms with E-state index in [1.54, 1.807) is 11.3 Å². The first-order valence-electron chi connectivity index (χ1n) is 12.7. The highest BCUT2D eigenvalue weighted by atomic mass is 35.5. The fraction of sp³-hybridized carbons (Fsp3) is 0.379. The molecule has 6 heteroatoms. The molecule has 0 N–H and O–H groups in total. The molecular weight excluding hydrogens is 474 g/mol. The van der Waals surface area contributed by atoms with E-state index in [1.807, 2.05) is 47.4 Å². The summed E-state index contributed by atoms with van der Waals surface area (Å²) in [4.78, 5) is 21.0. The molecule has 0 aliphatic carbocycles. The average molecular weight is 508 g/mol. The van der Waals surface area contributed by atoms with Gasteiger partial charge in [-0.15, -0.1) is 11.3 Å². The van der Waals surface area contributed by atoms with Crippen molar-refractivity contribution in [3.63, 3.8) is 0 Å². The van der Waals surface area contributed by atoms with Gasteiger partial charge in [0.1, 0.15) is 0 Å². The van der Waals surface area contributed by atoms with E-state index >= 15 is 0 Å². The maximum atomic E-state index is 13.2. The number of carbonyl (C=O) groups excluding carboxylic acids is 1. The molecule has 35 heavy (non-hydrogen) atoms. The van der Waals surface area contributed by atoms with Gasteiger partial charge < -0.3 is 4.90 Å². The zero-order chi connectivity index (χ0) is 24.5. The molecular formula is C29H34ClN3OS. The van der Waals surface area contributed by atoms with Crippen LogP contribution in [0.3, 0.4) is 0 Å². The van der Waals surface area contributed by atoms with E-state index in [0.717, 1.165) is 40.5 Å². The van der Waals surface area contributed by atoms with Crippen molar-refractivity contribution in [1.29, 1.82) is 0 Å². The van der Waals surface area contributed by atoms with Crippen LogP contribution in [0.15, 0.2) is 66.2 Å². The van der Waals surface area contributed by atoms with E-state index in [2.05, 4.69) is 35.0 Å². The van der Waals surface area contributed by atoms with Crippen LogP contribution in [0.1, 0.15) is 63.1 Å². The number of hydrogen-bond donors (Lipinski definition) is 0. The van der Waals surface area contributed by atoms with E-state index in [0.29, 0.717) is 19.5 Å². The Balaban J connectivity index is 1.41. The van der Waals surface area contributed by atoms with Crippen molar-refractivity contribution in [3.8, 4) is 11.3 Å². The molecule has 2 aromatic heterocycles. The smallest absolute Gasteiger partial charge is 0.222 e. The Morgan fingerprint density at radius 1 is 1.00 bits per heavy atom. The van der Waals surface area contributed by atoms with E-state index in [9.17, 15) is 4.79 Å². The number of thiazole rings is 1. The summed E-state index contributed by atoms with van der Waals surface area (Å²) < 4.78 is 2.16. The van der Waals surface area contributed by atoms with E-state index in [4.69, 9.17) is 16.6 Å². The second-order valence-electron chi connectivity index (χ2n) is 9.08. The van der Waals surface area contributed by atoms with Crippen LogP contribution in [0.4, 0.5) is 0 Å². The minimum Gasteiger partial charge on any atom is -0.338 e. The lowest BCUT2D eigenvalue weighted by Gasteiger charge is -2.23. The van der Waals surface area contributed by atoms with Crippen molar-refractivity contribution in [1.82, 2.24) is 14.3 Å². The molecule has 0 radical (unpaired) electrons. The summed E-state index contributed by atoms with van der Waals surface area (Å²) in [5, 5.41) is 2.88. The number of unbranched alkanes of at least 4 members (excludes halogenated alkanes) is 5. The normalized spacial score (nSPS) is 11.3. The lowest BCUT2D eigenvalue weighted by atomic mass is 10.1. The Bertz CT molecular complexity index is 1200. The Kier molecular flexibility index (Phi) is 9.38. The van der Waals surface area contributed by atoms with Crippen LogP contribution in [0, 0.1) is 0 Å². The first kappa shape index (κ1) is 25.5. The van der Waals surface area contributed by atoms with Gasteiger partial charge >= 0.3 is 0 Å². The van der Waals surface area contributed by atoms with Crippen LogP contribution in [-0.2, 0) is 17.8 Å². The van der Waals surface area contributed by atoms with Crippen molar-refractivity contribution in [2.75, 3.05) is 6.54 Å². The third-order valence-electron chi connectivity index (χ3n) is 6.37. The first-order chi connectivity index (χ1) is 17.1. The maximum absolute atomic E-state index is 13.2. The molecule has 4 aromatic rings. The summed E-state index contributed by atoms with van der Waals surface area (Å²) in [7, 11) is 0. The highest BCUT2D eigenvalue weighted by molar-refractivity contribution is 7.15. The third kappa shape index (κ3) is 7.18. The average Bonchev–Trinajstić information content (AvgIpc) is 3.46. The highest BCUT2D eigenvalue weighted by Gasteiger charge is 2.16. The van der Waals surface area contributed by atoms with E-state index in [-0.39, 0.29) is 5.91 Å². The molecule has 0 spiro atoms. The standard InChI is InChI=1S/C29H34ClN3OS/c1-2-3-4-5-6-10-13-28(34)32(20-23-11-8-7-9-12-23)19-18-26-22-35-29-31-27(21-33(26)29)24-14-16-25(30)17-15-24/h7-9,11-12,14-17,21-22H,2-6,10,13,18-20H2,1H3. The second-order valence-corrected chi connectivity index (χ2v) is 10.4. The van der Waals surface area contributed by atoms with Crippen LogP contribution >= 0.6 is 22.9 Å². The van der Waals surface area contributed by atoms with E-state index in [1.165, 1.54) is 36.9 Å². The molecule has 0 fully saturated rings. The van der Waals surface area contributed by atoms with Crippen molar-refractivity contribution in [3.05, 3.63) is 82.5 Å². The van der Waals surface area contributed by atoms with Gasteiger partial charge in [0.05, 0.1) is 5.69 Å². The van der Waals surface area contributed by atoms with Crippen molar-refractivity contribution in [2.45, 2.75) is 64.8 Å². The largest absolute Gasteiger partial charge is 0.338 e. The van der Waals surface area contributed by atoms with Gasteiger partial charge in [0.25, 0.3) is 0 Å². The predicted octanol–water partition coefficient (Wildman–Crippen LogP) is 8.04. The molecule has 184 valence electrons. The molecule has 2 heterocycles. The Morgan fingerprint density at radius 2 is 1.74 bits per heavy atom. The lowest BCUT2D eigenvalue weighted by molar-refractivity contribution is -0.131. The highest BCUT2D eigenvalue weighted by Crippen LogP contribution is 2.25. The summed E-state index contributed by atoms with van der Waals surface area (Å²) >= 11 is 7.68. The molecule has 0 bridgehead atoms. The van der Waals surface area contributed by atoms with Gasteiger partial charge in [-0.3, -0.25) is 9.20 Å². The number of rotatable bonds is 13. The van der Waals surface area contributed by atoms with Gasteiger partial charge in [-0.25, -0.2) is 4.98 Å². The van der Waals surface area contributed by atoms with Gasteiger partial charge in [0.2, 0.25) is 5.91 Å². The molecule has 0 aliphatic rings. The SMILES string of the molecule is CCCCCCCCC(=O)N(CCc1csc2nc(-c3ccc(Cl)cc3)cn12)Cc1ccccc1. The zero-order valence-corrected chi connectivity index (χ0v) is 22.0. The van der Waals surface area contributed by atoms with Crippen LogP contribution in [0.2, 0.25) is 5.02 Å². The Morgan fingerprint density at radius 3 is 2.51 bits per heavy atom. The van der Waals surface area contributed by atoms with Crippen molar-refractivity contribution < 1.29 is 4.79 Å². The van der Waals surface area contributed by atoms with Crippen LogP contribution in [0.5, 0.6) is 0 Å². The number of fused-ring (bicyclic) bond motifs is 1. The molecule has 0 saturated heterocycles. The number of imidazole rings is 1. The summed E-state index contributed by atoms with van der Waals surface area (Å²) in [6.45, 7) is 3.58.